The van der Waals surface area contributed by atoms with E-state index in [9.17, 15) is 9.18 Å². The van der Waals surface area contributed by atoms with Gasteiger partial charge < -0.3 is 10.1 Å². The van der Waals surface area contributed by atoms with Crippen LogP contribution in [0.3, 0.4) is 0 Å². The largest absolute Gasteiger partial charge is 0.481 e. The number of carbonyl (C=O) groups excluding carboxylic acids is 1. The van der Waals surface area contributed by atoms with Crippen LogP contribution in [-0.2, 0) is 11.3 Å². The second kappa shape index (κ2) is 7.52. The maximum absolute atomic E-state index is 12.9. The number of hydrogen-bond acceptors (Lipinski definition) is 5. The highest BCUT2D eigenvalue weighted by molar-refractivity contribution is 5.80. The van der Waals surface area contributed by atoms with E-state index in [1.165, 1.54) is 23.1 Å². The van der Waals surface area contributed by atoms with Crippen LogP contribution in [0.25, 0.3) is 5.69 Å². The van der Waals surface area contributed by atoms with Gasteiger partial charge in [-0.1, -0.05) is 12.1 Å². The molecule has 1 heterocycles. The van der Waals surface area contributed by atoms with E-state index in [0.29, 0.717) is 12.3 Å². The van der Waals surface area contributed by atoms with Crippen molar-refractivity contribution in [1.29, 1.82) is 0 Å². The van der Waals surface area contributed by atoms with Crippen molar-refractivity contribution in [3.63, 3.8) is 0 Å². The van der Waals surface area contributed by atoms with Crippen molar-refractivity contribution in [2.45, 2.75) is 19.6 Å². The van der Waals surface area contributed by atoms with Gasteiger partial charge >= 0.3 is 0 Å². The molecule has 128 valence electrons. The summed E-state index contributed by atoms with van der Waals surface area (Å²) < 4.78 is 20.0. The Kier molecular flexibility index (Phi) is 4.98. The van der Waals surface area contributed by atoms with Crippen molar-refractivity contribution in [1.82, 2.24) is 25.5 Å². The van der Waals surface area contributed by atoms with Crippen LogP contribution in [0.4, 0.5) is 4.39 Å². The molecular weight excluding hydrogens is 325 g/mol. The molecule has 1 amide bonds. The molecule has 0 bridgehead atoms. The topological polar surface area (TPSA) is 81.9 Å². The summed E-state index contributed by atoms with van der Waals surface area (Å²) >= 11 is 0. The van der Waals surface area contributed by atoms with Crippen LogP contribution in [0.15, 0.2) is 54.9 Å². The summed E-state index contributed by atoms with van der Waals surface area (Å²) in [5.41, 5.74) is 1.60. The van der Waals surface area contributed by atoms with E-state index in [2.05, 4.69) is 20.8 Å². The fourth-order valence-corrected chi connectivity index (χ4v) is 2.15. The predicted octanol–water partition coefficient (Wildman–Crippen LogP) is 1.89. The molecule has 3 rings (SSSR count). The fourth-order valence-electron chi connectivity index (χ4n) is 2.15. The molecular formula is C17H16FN5O2. The van der Waals surface area contributed by atoms with E-state index < -0.39 is 6.10 Å². The summed E-state index contributed by atoms with van der Waals surface area (Å²) in [6.45, 7) is 1.97. The molecule has 1 atom stereocenters. The third kappa shape index (κ3) is 4.37. The highest BCUT2D eigenvalue weighted by atomic mass is 19.1. The van der Waals surface area contributed by atoms with Crippen LogP contribution >= 0.6 is 0 Å². The van der Waals surface area contributed by atoms with Crippen molar-refractivity contribution < 1.29 is 13.9 Å². The second-order valence-corrected chi connectivity index (χ2v) is 5.35. The normalized spacial score (nSPS) is 11.8. The Bertz CT molecular complexity index is 819. The number of tetrazole rings is 1. The molecule has 0 fully saturated rings. The number of benzene rings is 2. The van der Waals surface area contributed by atoms with Gasteiger partial charge in [-0.3, -0.25) is 4.79 Å². The first-order valence-electron chi connectivity index (χ1n) is 7.64. The lowest BCUT2D eigenvalue weighted by molar-refractivity contribution is -0.127. The SMILES string of the molecule is C[C@H](Oc1ccc(-n2cnnn2)cc1)C(=O)NCc1ccc(F)cc1. The first-order valence-corrected chi connectivity index (χ1v) is 7.64. The van der Waals surface area contributed by atoms with Crippen LogP contribution in [0.1, 0.15) is 12.5 Å². The number of halogens is 1. The lowest BCUT2D eigenvalue weighted by Crippen LogP contribution is -2.35. The van der Waals surface area contributed by atoms with E-state index in [4.69, 9.17) is 4.74 Å². The number of rotatable bonds is 6. The molecule has 0 aliphatic heterocycles. The van der Waals surface area contributed by atoms with Crippen molar-refractivity contribution in [3.8, 4) is 11.4 Å². The van der Waals surface area contributed by atoms with E-state index in [0.717, 1.165) is 11.3 Å². The van der Waals surface area contributed by atoms with Gasteiger partial charge in [0.2, 0.25) is 0 Å². The standard InChI is InChI=1S/C17H16FN5O2/c1-12(17(24)19-10-13-2-4-14(18)5-3-13)25-16-8-6-15(7-9-16)23-11-20-21-22-23/h2-9,11-12H,10H2,1H3,(H,19,24)/t12-/m0/s1. The van der Waals surface area contributed by atoms with Gasteiger partial charge in [-0.2, -0.15) is 0 Å². The van der Waals surface area contributed by atoms with Gasteiger partial charge in [0.1, 0.15) is 17.9 Å². The third-order valence-electron chi connectivity index (χ3n) is 3.51. The minimum atomic E-state index is -0.667. The lowest BCUT2D eigenvalue weighted by Gasteiger charge is -2.15. The Labute approximate surface area is 143 Å². The summed E-state index contributed by atoms with van der Waals surface area (Å²) in [5, 5.41) is 13.7. The molecule has 0 saturated heterocycles. The number of nitrogens with zero attached hydrogens (tertiary/aromatic N) is 4. The summed E-state index contributed by atoms with van der Waals surface area (Å²) in [6, 6.07) is 13.0. The molecule has 1 aromatic heterocycles. The molecule has 25 heavy (non-hydrogen) atoms. The zero-order valence-corrected chi connectivity index (χ0v) is 13.5. The van der Waals surface area contributed by atoms with Crippen molar-refractivity contribution in [2.75, 3.05) is 0 Å². The van der Waals surface area contributed by atoms with Gasteiger partial charge in [-0.05, 0) is 59.3 Å². The van der Waals surface area contributed by atoms with E-state index >= 15 is 0 Å². The molecule has 0 aliphatic rings. The number of amides is 1. The number of carbonyl (C=O) groups is 1. The quantitative estimate of drug-likeness (QED) is 0.740. The van der Waals surface area contributed by atoms with Crippen molar-refractivity contribution in [3.05, 3.63) is 66.2 Å². The number of aromatic nitrogens is 4. The highest BCUT2D eigenvalue weighted by Gasteiger charge is 2.14. The minimum absolute atomic E-state index is 0.256. The first kappa shape index (κ1) is 16.6. The smallest absolute Gasteiger partial charge is 0.261 e. The van der Waals surface area contributed by atoms with Crippen LogP contribution in [0.5, 0.6) is 5.75 Å². The van der Waals surface area contributed by atoms with Crippen LogP contribution in [0.2, 0.25) is 0 Å². The van der Waals surface area contributed by atoms with Crippen LogP contribution < -0.4 is 10.1 Å². The molecule has 1 N–H and O–H groups in total. The maximum Gasteiger partial charge on any atom is 0.261 e. The summed E-state index contributed by atoms with van der Waals surface area (Å²) in [7, 11) is 0. The molecule has 2 aromatic carbocycles. The molecule has 7 nitrogen and oxygen atoms in total. The van der Waals surface area contributed by atoms with E-state index in [-0.39, 0.29) is 11.7 Å². The van der Waals surface area contributed by atoms with E-state index in [1.807, 2.05) is 0 Å². The Morgan fingerprint density at radius 2 is 1.92 bits per heavy atom. The number of ether oxygens (including phenoxy) is 1. The first-order chi connectivity index (χ1) is 12.1. The molecule has 3 aromatic rings. The average molecular weight is 341 g/mol. The third-order valence-corrected chi connectivity index (χ3v) is 3.51. The van der Waals surface area contributed by atoms with Gasteiger partial charge in [-0.15, -0.1) is 5.10 Å². The monoisotopic (exact) mass is 341 g/mol. The maximum atomic E-state index is 12.9. The average Bonchev–Trinajstić information content (AvgIpc) is 3.16. The predicted molar refractivity (Wildman–Crippen MR) is 87.5 cm³/mol. The second-order valence-electron chi connectivity index (χ2n) is 5.35. The fraction of sp³-hybridized carbons (Fsp3) is 0.176. The summed E-state index contributed by atoms with van der Waals surface area (Å²) in [4.78, 5) is 12.1. The van der Waals surface area contributed by atoms with Gasteiger partial charge in [0, 0.05) is 6.54 Å². The van der Waals surface area contributed by atoms with Crippen LogP contribution in [0, 0.1) is 5.82 Å². The van der Waals surface area contributed by atoms with Gasteiger partial charge in [0.25, 0.3) is 5.91 Å². The zero-order chi connectivity index (χ0) is 17.6. The zero-order valence-electron chi connectivity index (χ0n) is 13.5. The Morgan fingerprint density at radius 3 is 2.56 bits per heavy atom. The molecule has 0 aliphatic carbocycles. The molecule has 0 unspecified atom stereocenters. The van der Waals surface area contributed by atoms with Gasteiger partial charge in [0.05, 0.1) is 5.69 Å². The summed E-state index contributed by atoms with van der Waals surface area (Å²) in [6.07, 6.45) is 0.820. The lowest BCUT2D eigenvalue weighted by atomic mass is 10.2. The molecule has 8 heteroatoms. The number of nitrogens with one attached hydrogen (secondary N) is 1. The Balaban J connectivity index is 1.53. The molecule has 0 saturated carbocycles. The Hall–Kier alpha value is -3.29. The van der Waals surface area contributed by atoms with E-state index in [1.54, 1.807) is 43.3 Å². The van der Waals surface area contributed by atoms with Crippen LogP contribution in [-0.4, -0.2) is 32.2 Å². The molecule has 0 radical (unpaired) electrons. The highest BCUT2D eigenvalue weighted by Crippen LogP contribution is 2.15. The minimum Gasteiger partial charge on any atom is -0.481 e. The summed E-state index contributed by atoms with van der Waals surface area (Å²) in [5.74, 6) is -0.00738. The van der Waals surface area contributed by atoms with Crippen molar-refractivity contribution >= 4 is 5.91 Å². The van der Waals surface area contributed by atoms with Crippen molar-refractivity contribution in [2.24, 2.45) is 0 Å². The Morgan fingerprint density at radius 1 is 1.20 bits per heavy atom. The van der Waals surface area contributed by atoms with Gasteiger partial charge in [-0.25, -0.2) is 9.07 Å². The van der Waals surface area contributed by atoms with Gasteiger partial charge in [0.15, 0.2) is 6.10 Å². The molecule has 0 spiro atoms. The number of hydrogen-bond donors (Lipinski definition) is 1.